The molecule has 0 aromatic rings. The zero-order chi connectivity index (χ0) is 12.3. The van der Waals surface area contributed by atoms with Gasteiger partial charge in [-0.15, -0.1) is 0 Å². The summed E-state index contributed by atoms with van der Waals surface area (Å²) in [6.45, 7) is 8.56. The third-order valence-electron chi connectivity index (χ3n) is 5.86. The van der Waals surface area contributed by atoms with Gasteiger partial charge in [-0.05, 0) is 42.9 Å². The highest BCUT2D eigenvalue weighted by atomic mass is 14.9. The molecule has 0 aromatic heterocycles. The second-order valence-electron chi connectivity index (χ2n) is 6.82. The predicted molar refractivity (Wildman–Crippen MR) is 75.2 cm³/mol. The third-order valence-corrected chi connectivity index (χ3v) is 5.86. The maximum absolute atomic E-state index is 3.94. The van der Waals surface area contributed by atoms with Crippen LogP contribution in [0.3, 0.4) is 0 Å². The van der Waals surface area contributed by atoms with Crippen molar-refractivity contribution in [2.75, 3.05) is 6.54 Å². The lowest BCUT2D eigenvalue weighted by atomic mass is 9.77. The van der Waals surface area contributed by atoms with E-state index in [1.807, 2.05) is 0 Å². The first kappa shape index (κ1) is 13.4. The molecule has 1 heteroatoms. The third kappa shape index (κ3) is 3.05. The molecule has 2 aliphatic carbocycles. The molecule has 2 rings (SSSR count). The van der Waals surface area contributed by atoms with Gasteiger partial charge in [0.05, 0.1) is 0 Å². The summed E-state index contributed by atoms with van der Waals surface area (Å²) in [4.78, 5) is 0. The van der Waals surface area contributed by atoms with E-state index in [1.165, 1.54) is 57.9 Å². The van der Waals surface area contributed by atoms with E-state index in [9.17, 15) is 0 Å². The summed E-state index contributed by atoms with van der Waals surface area (Å²) in [5.74, 6) is 1.79. The van der Waals surface area contributed by atoms with Gasteiger partial charge in [-0.25, -0.2) is 0 Å². The fourth-order valence-corrected chi connectivity index (χ4v) is 4.00. The number of nitrogens with one attached hydrogen (secondary N) is 1. The Morgan fingerprint density at radius 2 is 1.76 bits per heavy atom. The normalized spacial score (nSPS) is 37.2. The minimum Gasteiger partial charge on any atom is -0.313 e. The minimum absolute atomic E-state index is 0.653. The highest BCUT2D eigenvalue weighted by Crippen LogP contribution is 2.41. The molecular formula is C16H31N. The Morgan fingerprint density at radius 1 is 1.06 bits per heavy atom. The average molecular weight is 237 g/mol. The van der Waals surface area contributed by atoms with Gasteiger partial charge in [0, 0.05) is 12.6 Å². The Hall–Kier alpha value is -0.0400. The maximum atomic E-state index is 3.94. The fraction of sp³-hybridized carbons (Fsp3) is 1.00. The van der Waals surface area contributed by atoms with Gasteiger partial charge in [-0.2, -0.15) is 0 Å². The predicted octanol–water partition coefficient (Wildman–Crippen LogP) is 4.37. The monoisotopic (exact) mass is 237 g/mol. The van der Waals surface area contributed by atoms with E-state index in [1.54, 1.807) is 0 Å². The van der Waals surface area contributed by atoms with E-state index in [0.29, 0.717) is 5.41 Å². The van der Waals surface area contributed by atoms with Crippen LogP contribution in [0.5, 0.6) is 0 Å². The average Bonchev–Trinajstić information content (AvgIpc) is 2.81. The second-order valence-corrected chi connectivity index (χ2v) is 6.82. The lowest BCUT2D eigenvalue weighted by molar-refractivity contribution is 0.175. The van der Waals surface area contributed by atoms with Crippen LogP contribution in [0.15, 0.2) is 0 Å². The number of hydrogen-bond donors (Lipinski definition) is 1. The van der Waals surface area contributed by atoms with Gasteiger partial charge in [-0.1, -0.05) is 46.5 Å². The SMILES string of the molecule is CCC1(CNC2CCCC(C)C2C)CCCC1. The first-order valence-electron chi connectivity index (χ1n) is 7.90. The first-order valence-corrected chi connectivity index (χ1v) is 7.90. The molecule has 0 aromatic carbocycles. The van der Waals surface area contributed by atoms with E-state index in [4.69, 9.17) is 0 Å². The van der Waals surface area contributed by atoms with Gasteiger partial charge >= 0.3 is 0 Å². The van der Waals surface area contributed by atoms with Crippen LogP contribution in [-0.4, -0.2) is 12.6 Å². The quantitative estimate of drug-likeness (QED) is 0.765. The van der Waals surface area contributed by atoms with E-state index in [2.05, 4.69) is 26.1 Å². The highest BCUT2D eigenvalue weighted by Gasteiger charge is 2.34. The van der Waals surface area contributed by atoms with Gasteiger partial charge in [0.25, 0.3) is 0 Å². The van der Waals surface area contributed by atoms with Crippen molar-refractivity contribution in [3.8, 4) is 0 Å². The molecule has 2 aliphatic rings. The molecule has 0 bridgehead atoms. The summed E-state index contributed by atoms with van der Waals surface area (Å²) < 4.78 is 0. The van der Waals surface area contributed by atoms with E-state index < -0.39 is 0 Å². The molecule has 1 nitrogen and oxygen atoms in total. The zero-order valence-electron chi connectivity index (χ0n) is 12.1. The summed E-state index contributed by atoms with van der Waals surface area (Å²) >= 11 is 0. The van der Waals surface area contributed by atoms with Crippen LogP contribution >= 0.6 is 0 Å². The molecule has 0 radical (unpaired) electrons. The summed E-state index contributed by atoms with van der Waals surface area (Å²) in [6, 6.07) is 0.794. The van der Waals surface area contributed by atoms with Crippen molar-refractivity contribution in [1.29, 1.82) is 0 Å². The Labute approximate surface area is 108 Å². The van der Waals surface area contributed by atoms with E-state index in [0.717, 1.165) is 17.9 Å². The molecule has 0 aliphatic heterocycles. The van der Waals surface area contributed by atoms with Crippen molar-refractivity contribution in [1.82, 2.24) is 5.32 Å². The standard InChI is InChI=1S/C16H31N/c1-4-16(10-5-6-11-16)12-17-15-9-7-8-13(2)14(15)3/h13-15,17H,4-12H2,1-3H3. The molecule has 1 N–H and O–H groups in total. The molecule has 0 heterocycles. The molecule has 0 amide bonds. The van der Waals surface area contributed by atoms with Crippen LogP contribution in [0, 0.1) is 17.3 Å². The van der Waals surface area contributed by atoms with Crippen molar-refractivity contribution >= 4 is 0 Å². The molecule has 100 valence electrons. The van der Waals surface area contributed by atoms with Gasteiger partial charge in [0.2, 0.25) is 0 Å². The van der Waals surface area contributed by atoms with Gasteiger partial charge in [0.1, 0.15) is 0 Å². The fourth-order valence-electron chi connectivity index (χ4n) is 4.00. The molecular weight excluding hydrogens is 206 g/mol. The smallest absolute Gasteiger partial charge is 0.00954 e. The van der Waals surface area contributed by atoms with Crippen molar-refractivity contribution in [2.24, 2.45) is 17.3 Å². The minimum atomic E-state index is 0.653. The summed E-state index contributed by atoms with van der Waals surface area (Å²) in [5, 5.41) is 3.94. The van der Waals surface area contributed by atoms with Crippen molar-refractivity contribution in [3.63, 3.8) is 0 Å². The topological polar surface area (TPSA) is 12.0 Å². The van der Waals surface area contributed by atoms with Crippen LogP contribution in [0.2, 0.25) is 0 Å². The van der Waals surface area contributed by atoms with Crippen molar-refractivity contribution in [3.05, 3.63) is 0 Å². The Balaban J connectivity index is 1.84. The number of rotatable bonds is 4. The van der Waals surface area contributed by atoms with Crippen LogP contribution < -0.4 is 5.32 Å². The summed E-state index contributed by atoms with van der Waals surface area (Å²) in [7, 11) is 0. The molecule has 2 fully saturated rings. The Bertz CT molecular complexity index is 230. The molecule has 0 saturated heterocycles. The molecule has 3 atom stereocenters. The highest BCUT2D eigenvalue weighted by molar-refractivity contribution is 4.89. The second kappa shape index (κ2) is 5.73. The van der Waals surface area contributed by atoms with Crippen LogP contribution in [0.1, 0.15) is 72.1 Å². The molecule has 3 unspecified atom stereocenters. The van der Waals surface area contributed by atoms with Crippen molar-refractivity contribution in [2.45, 2.75) is 78.2 Å². The molecule has 2 saturated carbocycles. The van der Waals surface area contributed by atoms with Gasteiger partial charge in [0.15, 0.2) is 0 Å². The number of hydrogen-bond acceptors (Lipinski definition) is 1. The first-order chi connectivity index (χ1) is 8.17. The zero-order valence-corrected chi connectivity index (χ0v) is 12.1. The van der Waals surface area contributed by atoms with Gasteiger partial charge < -0.3 is 5.32 Å². The van der Waals surface area contributed by atoms with Gasteiger partial charge in [-0.3, -0.25) is 0 Å². The Kier molecular flexibility index (Phi) is 4.52. The van der Waals surface area contributed by atoms with Crippen molar-refractivity contribution < 1.29 is 0 Å². The lowest BCUT2D eigenvalue weighted by Gasteiger charge is -2.38. The summed E-state index contributed by atoms with van der Waals surface area (Å²) in [6.07, 6.45) is 11.5. The molecule has 17 heavy (non-hydrogen) atoms. The van der Waals surface area contributed by atoms with Crippen LogP contribution in [0.25, 0.3) is 0 Å². The maximum Gasteiger partial charge on any atom is 0.00954 e. The van der Waals surface area contributed by atoms with E-state index >= 15 is 0 Å². The Morgan fingerprint density at radius 3 is 2.41 bits per heavy atom. The molecule has 0 spiro atoms. The largest absolute Gasteiger partial charge is 0.313 e. The van der Waals surface area contributed by atoms with Crippen LogP contribution in [0.4, 0.5) is 0 Å². The van der Waals surface area contributed by atoms with Crippen LogP contribution in [-0.2, 0) is 0 Å². The lowest BCUT2D eigenvalue weighted by Crippen LogP contribution is -2.45. The van der Waals surface area contributed by atoms with E-state index in [-0.39, 0.29) is 0 Å². The summed E-state index contributed by atoms with van der Waals surface area (Å²) in [5.41, 5.74) is 0.653.